The molecular formula is C20H24N6O2. The van der Waals surface area contributed by atoms with Gasteiger partial charge in [-0.2, -0.15) is 10.4 Å². The van der Waals surface area contributed by atoms with Gasteiger partial charge in [0, 0.05) is 19.7 Å². The fourth-order valence-electron chi connectivity index (χ4n) is 3.32. The minimum atomic E-state index is -0.297. The van der Waals surface area contributed by atoms with E-state index in [0.29, 0.717) is 35.8 Å². The highest BCUT2D eigenvalue weighted by molar-refractivity contribution is 6.03. The number of aromatic nitrogens is 4. The number of amides is 1. The summed E-state index contributed by atoms with van der Waals surface area (Å²) in [5.74, 6) is 0.0697. The number of nitrogens with zero attached hydrogens (tertiary/aromatic N) is 5. The number of anilines is 1. The zero-order chi connectivity index (χ0) is 20.4. The molecule has 0 saturated heterocycles. The first kappa shape index (κ1) is 19.6. The van der Waals surface area contributed by atoms with Crippen LogP contribution in [0.15, 0.2) is 18.2 Å². The molecule has 8 heteroatoms. The van der Waals surface area contributed by atoms with Crippen LogP contribution in [0.5, 0.6) is 0 Å². The SMILES string of the molecule is CCn1nc(C)cc1C(=O)Nc1nc2cc(C#N)cc(C)c2n1C[C@H](C)CO. The van der Waals surface area contributed by atoms with Gasteiger partial charge in [0.2, 0.25) is 5.95 Å². The van der Waals surface area contributed by atoms with Gasteiger partial charge in [0.1, 0.15) is 5.69 Å². The first-order chi connectivity index (χ1) is 13.4. The average molecular weight is 380 g/mol. The summed E-state index contributed by atoms with van der Waals surface area (Å²) >= 11 is 0. The van der Waals surface area contributed by atoms with Crippen LogP contribution in [0.25, 0.3) is 11.0 Å². The number of aliphatic hydroxyl groups is 1. The van der Waals surface area contributed by atoms with Crippen LogP contribution in [0.4, 0.5) is 5.95 Å². The van der Waals surface area contributed by atoms with Gasteiger partial charge in [-0.1, -0.05) is 6.92 Å². The molecule has 2 heterocycles. The van der Waals surface area contributed by atoms with E-state index in [1.807, 2.05) is 32.3 Å². The molecule has 3 aromatic rings. The third-order valence-electron chi connectivity index (χ3n) is 4.63. The Morgan fingerprint density at radius 1 is 1.36 bits per heavy atom. The predicted molar refractivity (Wildman–Crippen MR) is 106 cm³/mol. The summed E-state index contributed by atoms with van der Waals surface area (Å²) in [5.41, 5.74) is 4.11. The van der Waals surface area contributed by atoms with Crippen molar-refractivity contribution in [1.29, 1.82) is 5.26 Å². The van der Waals surface area contributed by atoms with E-state index in [4.69, 9.17) is 0 Å². The van der Waals surface area contributed by atoms with Crippen LogP contribution < -0.4 is 5.32 Å². The van der Waals surface area contributed by atoms with Crippen LogP contribution in [0, 0.1) is 31.1 Å². The van der Waals surface area contributed by atoms with Crippen molar-refractivity contribution < 1.29 is 9.90 Å². The molecule has 2 N–H and O–H groups in total. The summed E-state index contributed by atoms with van der Waals surface area (Å²) in [6.45, 7) is 8.69. The number of carbonyl (C=O) groups is 1. The van der Waals surface area contributed by atoms with Crippen LogP contribution in [-0.4, -0.2) is 37.0 Å². The lowest BCUT2D eigenvalue weighted by Gasteiger charge is -2.15. The maximum absolute atomic E-state index is 12.9. The smallest absolute Gasteiger partial charge is 0.276 e. The third kappa shape index (κ3) is 3.62. The average Bonchev–Trinajstić information content (AvgIpc) is 3.21. The molecule has 0 aliphatic heterocycles. The number of benzene rings is 1. The number of aliphatic hydroxyl groups excluding tert-OH is 1. The van der Waals surface area contributed by atoms with E-state index >= 15 is 0 Å². The minimum absolute atomic E-state index is 0.0180. The summed E-state index contributed by atoms with van der Waals surface area (Å²) in [4.78, 5) is 17.4. The first-order valence-electron chi connectivity index (χ1n) is 9.25. The second-order valence-electron chi connectivity index (χ2n) is 7.05. The summed E-state index contributed by atoms with van der Waals surface area (Å²) in [6.07, 6.45) is 0. The van der Waals surface area contributed by atoms with Gasteiger partial charge < -0.3 is 9.67 Å². The Morgan fingerprint density at radius 3 is 2.75 bits per heavy atom. The van der Waals surface area contributed by atoms with Crippen LogP contribution in [-0.2, 0) is 13.1 Å². The number of aryl methyl sites for hydroxylation is 3. The van der Waals surface area contributed by atoms with Gasteiger partial charge in [-0.25, -0.2) is 4.98 Å². The number of hydrogen-bond acceptors (Lipinski definition) is 5. The molecule has 0 aliphatic rings. The third-order valence-corrected chi connectivity index (χ3v) is 4.63. The fraction of sp³-hybridized carbons (Fsp3) is 0.400. The molecule has 0 bridgehead atoms. The number of imidazole rings is 1. The topological polar surface area (TPSA) is 109 Å². The lowest BCUT2D eigenvalue weighted by Crippen LogP contribution is -2.21. The van der Waals surface area contributed by atoms with Crippen molar-refractivity contribution in [3.63, 3.8) is 0 Å². The Kier molecular flexibility index (Phi) is 5.47. The maximum atomic E-state index is 12.9. The molecule has 0 saturated carbocycles. The Morgan fingerprint density at radius 2 is 2.11 bits per heavy atom. The van der Waals surface area contributed by atoms with Gasteiger partial charge in [-0.05, 0) is 50.5 Å². The fourth-order valence-corrected chi connectivity index (χ4v) is 3.32. The summed E-state index contributed by atoms with van der Waals surface area (Å²) < 4.78 is 3.54. The van der Waals surface area contributed by atoms with Crippen molar-refractivity contribution in [2.24, 2.45) is 5.92 Å². The van der Waals surface area contributed by atoms with E-state index in [1.54, 1.807) is 22.9 Å². The molecule has 0 unspecified atom stereocenters. The van der Waals surface area contributed by atoms with E-state index < -0.39 is 0 Å². The standard InChI is InChI=1S/C20H24N6O2/c1-5-26-17(7-14(4)24-26)19(28)23-20-22-16-8-15(9-21)6-13(3)18(16)25(20)10-12(2)11-27/h6-8,12,27H,5,10-11H2,1-4H3,(H,22,23,28)/t12-/m0/s1. The Balaban J connectivity index is 2.08. The molecule has 0 spiro atoms. The highest BCUT2D eigenvalue weighted by Crippen LogP contribution is 2.26. The van der Waals surface area contributed by atoms with Crippen molar-refractivity contribution in [2.75, 3.05) is 11.9 Å². The second-order valence-corrected chi connectivity index (χ2v) is 7.05. The van der Waals surface area contributed by atoms with E-state index in [1.165, 1.54) is 0 Å². The van der Waals surface area contributed by atoms with E-state index in [9.17, 15) is 15.2 Å². The molecule has 0 radical (unpaired) electrons. The lowest BCUT2D eigenvalue weighted by molar-refractivity contribution is 0.101. The number of nitriles is 1. The molecule has 0 fully saturated rings. The number of rotatable bonds is 6. The van der Waals surface area contributed by atoms with Crippen molar-refractivity contribution >= 4 is 22.9 Å². The highest BCUT2D eigenvalue weighted by atomic mass is 16.3. The Labute approximate surface area is 163 Å². The zero-order valence-electron chi connectivity index (χ0n) is 16.5. The highest BCUT2D eigenvalue weighted by Gasteiger charge is 2.20. The van der Waals surface area contributed by atoms with Gasteiger partial charge in [0.15, 0.2) is 0 Å². The molecule has 2 aromatic heterocycles. The molecule has 0 aliphatic carbocycles. The van der Waals surface area contributed by atoms with Crippen LogP contribution in [0.1, 0.15) is 41.2 Å². The normalized spacial score (nSPS) is 12.1. The monoisotopic (exact) mass is 380 g/mol. The molecule has 146 valence electrons. The largest absolute Gasteiger partial charge is 0.396 e. The Bertz CT molecular complexity index is 1070. The number of carbonyl (C=O) groups excluding carboxylic acids is 1. The maximum Gasteiger partial charge on any atom is 0.276 e. The van der Waals surface area contributed by atoms with Crippen molar-refractivity contribution in [3.05, 3.63) is 40.7 Å². The first-order valence-corrected chi connectivity index (χ1v) is 9.25. The van der Waals surface area contributed by atoms with E-state index in [-0.39, 0.29) is 18.4 Å². The number of hydrogen-bond donors (Lipinski definition) is 2. The van der Waals surface area contributed by atoms with Crippen molar-refractivity contribution in [2.45, 2.75) is 40.8 Å². The van der Waals surface area contributed by atoms with Crippen molar-refractivity contribution in [1.82, 2.24) is 19.3 Å². The lowest BCUT2D eigenvalue weighted by atomic mass is 10.1. The van der Waals surface area contributed by atoms with E-state index in [0.717, 1.165) is 16.8 Å². The number of fused-ring (bicyclic) bond motifs is 1. The molecule has 1 aromatic carbocycles. The summed E-state index contributed by atoms with van der Waals surface area (Å²) in [6, 6.07) is 7.38. The van der Waals surface area contributed by atoms with Gasteiger partial charge >= 0.3 is 0 Å². The zero-order valence-corrected chi connectivity index (χ0v) is 16.5. The molecule has 1 amide bonds. The van der Waals surface area contributed by atoms with Gasteiger partial charge in [-0.15, -0.1) is 0 Å². The van der Waals surface area contributed by atoms with Gasteiger partial charge in [0.05, 0.1) is 28.4 Å². The van der Waals surface area contributed by atoms with Crippen LogP contribution in [0.2, 0.25) is 0 Å². The van der Waals surface area contributed by atoms with Crippen molar-refractivity contribution in [3.8, 4) is 6.07 Å². The molecule has 3 rings (SSSR count). The van der Waals surface area contributed by atoms with Gasteiger partial charge in [-0.3, -0.25) is 14.8 Å². The quantitative estimate of drug-likeness (QED) is 0.683. The van der Waals surface area contributed by atoms with Crippen LogP contribution in [0.3, 0.4) is 0 Å². The predicted octanol–water partition coefficient (Wildman–Crippen LogP) is 2.62. The second kappa shape index (κ2) is 7.82. The molecular weight excluding hydrogens is 356 g/mol. The summed E-state index contributed by atoms with van der Waals surface area (Å²) in [7, 11) is 0. The van der Waals surface area contributed by atoms with E-state index in [2.05, 4.69) is 21.5 Å². The number of nitrogens with one attached hydrogen (secondary N) is 1. The Hall–Kier alpha value is -3.18. The van der Waals surface area contributed by atoms with Crippen LogP contribution >= 0.6 is 0 Å². The summed E-state index contributed by atoms with van der Waals surface area (Å²) in [5, 5.41) is 25.9. The van der Waals surface area contributed by atoms with Gasteiger partial charge in [0.25, 0.3) is 5.91 Å². The molecule has 1 atom stereocenters. The minimum Gasteiger partial charge on any atom is -0.396 e. The molecule has 8 nitrogen and oxygen atoms in total. The molecule has 28 heavy (non-hydrogen) atoms.